The van der Waals surface area contributed by atoms with Crippen molar-refractivity contribution in [3.63, 3.8) is 0 Å². The van der Waals surface area contributed by atoms with Gasteiger partial charge < -0.3 is 0 Å². The number of allylic oxidation sites excluding steroid dienone is 1. The summed E-state index contributed by atoms with van der Waals surface area (Å²) in [6, 6.07) is 6.30. The van der Waals surface area contributed by atoms with Crippen molar-refractivity contribution in [1.29, 1.82) is 0 Å². The Morgan fingerprint density at radius 1 is 1.29 bits per heavy atom. The van der Waals surface area contributed by atoms with Crippen LogP contribution in [-0.2, 0) is 6.42 Å². The molecule has 1 aromatic carbocycles. The Labute approximate surface area is 96.2 Å². The van der Waals surface area contributed by atoms with Crippen LogP contribution in [0.2, 0.25) is 0 Å². The van der Waals surface area contributed by atoms with Gasteiger partial charge in [-0.2, -0.15) is 0 Å². The molecule has 0 atom stereocenters. The van der Waals surface area contributed by atoms with Crippen LogP contribution in [-0.4, -0.2) is 0 Å². The molecule has 2 rings (SSSR count). The molecule has 0 spiro atoms. The van der Waals surface area contributed by atoms with Crippen LogP contribution in [0.4, 0.5) is 0 Å². The number of rotatable bonds is 0. The van der Waals surface area contributed by atoms with Crippen molar-refractivity contribution in [2.75, 3.05) is 0 Å². The summed E-state index contributed by atoms with van der Waals surface area (Å²) in [5.41, 5.74) is 2.77. The third-order valence-corrected chi connectivity index (χ3v) is 2.52. The SMILES string of the molecule is Brc1cccc2c1CC=C2.C.CCC. The fourth-order valence-electron chi connectivity index (χ4n) is 1.25. The smallest absolute Gasteiger partial charge is 0.0216 e. The summed E-state index contributed by atoms with van der Waals surface area (Å²) in [5.74, 6) is 0. The second kappa shape index (κ2) is 6.83. The molecule has 0 aromatic heterocycles. The maximum Gasteiger partial charge on any atom is 0.0216 e. The molecule has 1 aliphatic rings. The van der Waals surface area contributed by atoms with E-state index in [4.69, 9.17) is 0 Å². The van der Waals surface area contributed by atoms with Crippen LogP contribution in [0.25, 0.3) is 6.08 Å². The van der Waals surface area contributed by atoms with Crippen LogP contribution in [0.15, 0.2) is 28.7 Å². The van der Waals surface area contributed by atoms with Gasteiger partial charge >= 0.3 is 0 Å². The van der Waals surface area contributed by atoms with Gasteiger partial charge in [0.05, 0.1) is 0 Å². The van der Waals surface area contributed by atoms with Gasteiger partial charge in [-0.3, -0.25) is 0 Å². The lowest BCUT2D eigenvalue weighted by atomic mass is 10.1. The molecule has 0 nitrogen and oxygen atoms in total. The van der Waals surface area contributed by atoms with Gasteiger partial charge in [0.2, 0.25) is 0 Å². The quantitative estimate of drug-likeness (QED) is 0.607. The molecule has 0 saturated carbocycles. The Morgan fingerprint density at radius 2 is 1.93 bits per heavy atom. The second-order valence-corrected chi connectivity index (χ2v) is 3.98. The van der Waals surface area contributed by atoms with Gasteiger partial charge in [-0.05, 0) is 23.6 Å². The third kappa shape index (κ3) is 3.30. The molecule has 1 aliphatic carbocycles. The Balaban J connectivity index is 0.000000381. The summed E-state index contributed by atoms with van der Waals surface area (Å²) >= 11 is 3.51. The van der Waals surface area contributed by atoms with Gasteiger partial charge in [0.25, 0.3) is 0 Å². The first-order valence-electron chi connectivity index (χ1n) is 4.73. The largest absolute Gasteiger partial charge is 0.0795 e. The lowest BCUT2D eigenvalue weighted by Gasteiger charge is -1.99. The average Bonchev–Trinajstić information content (AvgIpc) is 2.54. The molecular formula is C13H19Br. The van der Waals surface area contributed by atoms with Crippen molar-refractivity contribution in [2.45, 2.75) is 34.1 Å². The lowest BCUT2D eigenvalue weighted by Crippen LogP contribution is -1.81. The van der Waals surface area contributed by atoms with E-state index in [1.165, 1.54) is 22.0 Å². The molecule has 0 N–H and O–H groups in total. The second-order valence-electron chi connectivity index (χ2n) is 3.12. The van der Waals surface area contributed by atoms with Crippen molar-refractivity contribution in [1.82, 2.24) is 0 Å². The van der Waals surface area contributed by atoms with E-state index in [2.05, 4.69) is 60.1 Å². The molecule has 14 heavy (non-hydrogen) atoms. The molecule has 0 unspecified atom stereocenters. The maximum atomic E-state index is 3.51. The van der Waals surface area contributed by atoms with Gasteiger partial charge in [-0.15, -0.1) is 0 Å². The summed E-state index contributed by atoms with van der Waals surface area (Å²) in [7, 11) is 0. The van der Waals surface area contributed by atoms with E-state index in [-0.39, 0.29) is 7.43 Å². The molecule has 0 heterocycles. The van der Waals surface area contributed by atoms with Crippen molar-refractivity contribution in [3.8, 4) is 0 Å². The predicted octanol–water partition coefficient (Wildman–Crippen LogP) is 5.07. The normalized spacial score (nSPS) is 11.1. The first-order valence-corrected chi connectivity index (χ1v) is 5.52. The van der Waals surface area contributed by atoms with E-state index in [0.717, 1.165) is 6.42 Å². The highest BCUT2D eigenvalue weighted by molar-refractivity contribution is 9.10. The van der Waals surface area contributed by atoms with Crippen molar-refractivity contribution in [3.05, 3.63) is 39.9 Å². The Kier molecular flexibility index (Phi) is 6.56. The van der Waals surface area contributed by atoms with E-state index in [9.17, 15) is 0 Å². The summed E-state index contributed by atoms with van der Waals surface area (Å²) in [6.07, 6.45) is 6.69. The molecule has 0 radical (unpaired) electrons. The molecule has 0 bridgehead atoms. The van der Waals surface area contributed by atoms with Crippen molar-refractivity contribution in [2.24, 2.45) is 0 Å². The van der Waals surface area contributed by atoms with Gasteiger partial charge in [0.1, 0.15) is 0 Å². The standard InChI is InChI=1S/C9H7Br.C3H8.CH4/c10-9-6-2-4-7-3-1-5-8(7)9;1-3-2;/h1-4,6H,5H2;3H2,1-2H3;1H4. The molecule has 78 valence electrons. The first-order chi connectivity index (χ1) is 6.29. The Hall–Kier alpha value is -0.560. The lowest BCUT2D eigenvalue weighted by molar-refractivity contribution is 1.09. The monoisotopic (exact) mass is 254 g/mol. The molecule has 0 aliphatic heterocycles. The molecular weight excluding hydrogens is 236 g/mol. The number of fused-ring (bicyclic) bond motifs is 1. The highest BCUT2D eigenvalue weighted by Crippen LogP contribution is 2.26. The van der Waals surface area contributed by atoms with E-state index < -0.39 is 0 Å². The molecule has 1 aromatic rings. The van der Waals surface area contributed by atoms with E-state index >= 15 is 0 Å². The van der Waals surface area contributed by atoms with E-state index in [1.54, 1.807) is 0 Å². The number of hydrogen-bond acceptors (Lipinski definition) is 0. The zero-order valence-corrected chi connectivity index (χ0v) is 9.76. The van der Waals surface area contributed by atoms with E-state index in [0.29, 0.717) is 0 Å². The molecule has 0 fully saturated rings. The van der Waals surface area contributed by atoms with Crippen LogP contribution in [0.5, 0.6) is 0 Å². The summed E-state index contributed by atoms with van der Waals surface area (Å²) in [6.45, 7) is 4.25. The summed E-state index contributed by atoms with van der Waals surface area (Å²) in [4.78, 5) is 0. The van der Waals surface area contributed by atoms with Crippen molar-refractivity contribution >= 4 is 22.0 Å². The topological polar surface area (TPSA) is 0 Å². The van der Waals surface area contributed by atoms with Crippen LogP contribution in [0, 0.1) is 0 Å². The number of benzene rings is 1. The van der Waals surface area contributed by atoms with Gasteiger partial charge in [0, 0.05) is 4.47 Å². The minimum absolute atomic E-state index is 0. The van der Waals surface area contributed by atoms with E-state index in [1.807, 2.05) is 0 Å². The van der Waals surface area contributed by atoms with Gasteiger partial charge in [-0.1, -0.05) is 67.9 Å². The molecule has 1 heteroatoms. The zero-order chi connectivity index (χ0) is 9.68. The molecule has 0 saturated heterocycles. The minimum atomic E-state index is 0. The van der Waals surface area contributed by atoms with Gasteiger partial charge in [-0.25, -0.2) is 0 Å². The first kappa shape index (κ1) is 13.4. The Morgan fingerprint density at radius 3 is 2.50 bits per heavy atom. The number of halogens is 1. The predicted molar refractivity (Wildman–Crippen MR) is 69.6 cm³/mol. The average molecular weight is 255 g/mol. The fourth-order valence-corrected chi connectivity index (χ4v) is 1.79. The Bertz CT molecular complexity index is 300. The maximum absolute atomic E-state index is 3.51. The van der Waals surface area contributed by atoms with Gasteiger partial charge in [0.15, 0.2) is 0 Å². The number of hydrogen-bond donors (Lipinski definition) is 0. The van der Waals surface area contributed by atoms with Crippen LogP contribution in [0.3, 0.4) is 0 Å². The summed E-state index contributed by atoms with van der Waals surface area (Å²) < 4.78 is 1.23. The van der Waals surface area contributed by atoms with Crippen molar-refractivity contribution < 1.29 is 0 Å². The fraction of sp³-hybridized carbons (Fsp3) is 0.385. The third-order valence-electron chi connectivity index (χ3n) is 1.77. The van der Waals surface area contributed by atoms with Crippen LogP contribution in [0.1, 0.15) is 38.8 Å². The van der Waals surface area contributed by atoms with Crippen LogP contribution >= 0.6 is 15.9 Å². The highest BCUT2D eigenvalue weighted by Gasteiger charge is 2.06. The molecule has 0 amide bonds. The van der Waals surface area contributed by atoms with Crippen LogP contribution < -0.4 is 0 Å². The highest BCUT2D eigenvalue weighted by atomic mass is 79.9. The zero-order valence-electron chi connectivity index (χ0n) is 8.18. The summed E-state index contributed by atoms with van der Waals surface area (Å²) in [5, 5.41) is 0. The minimum Gasteiger partial charge on any atom is -0.0795 e.